The van der Waals surface area contributed by atoms with Crippen molar-refractivity contribution in [3.8, 4) is 0 Å². The number of aliphatic carboxylic acids is 1. The maximum Gasteiger partial charge on any atom is 0.278 e. The Hall–Kier alpha value is -3.56. The zero-order valence-corrected chi connectivity index (χ0v) is 20.0. The third kappa shape index (κ3) is 4.96. The van der Waals surface area contributed by atoms with Crippen LogP contribution in [0.5, 0.6) is 0 Å². The van der Waals surface area contributed by atoms with Crippen LogP contribution in [0.15, 0.2) is 41.0 Å². The lowest BCUT2D eigenvalue weighted by molar-refractivity contribution is -0.689. The summed E-state index contributed by atoms with van der Waals surface area (Å²) in [6.45, 7) is 1.90. The molecule has 0 aliphatic carbocycles. The van der Waals surface area contributed by atoms with Crippen molar-refractivity contribution in [2.75, 3.05) is 18.1 Å². The number of nitrogens with zero attached hydrogens (tertiary/aromatic N) is 5. The zero-order valence-electron chi connectivity index (χ0n) is 18.4. The van der Waals surface area contributed by atoms with E-state index in [0.717, 1.165) is 16.4 Å². The van der Waals surface area contributed by atoms with E-state index in [1.165, 1.54) is 11.8 Å². The summed E-state index contributed by atoms with van der Waals surface area (Å²) in [6, 6.07) is 2.48. The van der Waals surface area contributed by atoms with Crippen LogP contribution < -0.4 is 20.7 Å². The third-order valence-electron chi connectivity index (χ3n) is 5.16. The van der Waals surface area contributed by atoms with Crippen LogP contribution in [0.3, 0.4) is 0 Å². The highest BCUT2D eigenvalue weighted by atomic mass is 32.2. The molecule has 4 N–H and O–H groups in total. The van der Waals surface area contributed by atoms with Crippen molar-refractivity contribution in [3.05, 3.63) is 47.2 Å². The van der Waals surface area contributed by atoms with Gasteiger partial charge in [-0.1, -0.05) is 5.16 Å². The second-order valence-corrected chi connectivity index (χ2v) is 9.35. The molecule has 2 amide bonds. The number of anilines is 1. The Bertz CT molecular complexity index is 1230. The Morgan fingerprint density at radius 1 is 1.49 bits per heavy atom. The number of amides is 2. The van der Waals surface area contributed by atoms with Crippen molar-refractivity contribution in [2.24, 2.45) is 5.16 Å². The van der Waals surface area contributed by atoms with Crippen molar-refractivity contribution >= 4 is 51.9 Å². The van der Waals surface area contributed by atoms with Gasteiger partial charge >= 0.3 is 0 Å². The molecule has 2 aliphatic rings. The molecule has 1 fully saturated rings. The molecule has 0 spiro atoms. The molecule has 15 heteroatoms. The molecule has 0 aromatic carbocycles. The van der Waals surface area contributed by atoms with Gasteiger partial charge in [0.2, 0.25) is 11.5 Å². The van der Waals surface area contributed by atoms with E-state index in [4.69, 9.17) is 10.6 Å². The van der Waals surface area contributed by atoms with E-state index >= 15 is 0 Å². The van der Waals surface area contributed by atoms with Crippen LogP contribution in [-0.2, 0) is 32.4 Å². The minimum Gasteiger partial charge on any atom is -0.543 e. The Kier molecular flexibility index (Phi) is 7.28. The summed E-state index contributed by atoms with van der Waals surface area (Å²) in [5, 5.41) is 27.1. The van der Waals surface area contributed by atoms with Crippen LogP contribution in [0.2, 0.25) is 0 Å². The molecule has 0 bridgehead atoms. The van der Waals surface area contributed by atoms with Crippen molar-refractivity contribution in [3.63, 3.8) is 0 Å². The summed E-state index contributed by atoms with van der Waals surface area (Å²) in [5.74, 6) is -2.58. The quantitative estimate of drug-likeness (QED) is 0.141. The first kappa shape index (κ1) is 24.6. The summed E-state index contributed by atoms with van der Waals surface area (Å²) >= 11 is 2.19. The number of nitrogens with one attached hydrogen (secondary N) is 1. The predicted molar refractivity (Wildman–Crippen MR) is 122 cm³/mol. The molecule has 2 atom stereocenters. The highest BCUT2D eigenvalue weighted by Crippen LogP contribution is 2.40. The fourth-order valence-corrected chi connectivity index (χ4v) is 5.41. The number of carbonyl (C=O) groups is 3. The number of thioether (sulfide) groups is 1. The van der Waals surface area contributed by atoms with Gasteiger partial charge in [0.15, 0.2) is 24.1 Å². The molecule has 35 heavy (non-hydrogen) atoms. The van der Waals surface area contributed by atoms with Gasteiger partial charge in [-0.15, -0.1) is 11.8 Å². The standard InChI is InChI=1S/C20H21N7O6S2/c1-2-33-24-12(15-23-20(21)35-25-15)16(29)22-13-17(30)27-14(19(31)32)11(9-34-18(13)27)7-26-5-3-4-10(6-26)8-28/h3-6,13,18,28H,2,7-9H2,1H3,(H3-,21,22,23,25,29,31,32)/t13?,18-/m1/s1. The van der Waals surface area contributed by atoms with Crippen LogP contribution >= 0.6 is 23.3 Å². The summed E-state index contributed by atoms with van der Waals surface area (Å²) in [7, 11) is 0. The Labute approximate surface area is 207 Å². The van der Waals surface area contributed by atoms with E-state index in [1.54, 1.807) is 36.0 Å². The zero-order chi connectivity index (χ0) is 25.1. The van der Waals surface area contributed by atoms with Crippen molar-refractivity contribution in [2.45, 2.75) is 31.5 Å². The lowest BCUT2D eigenvalue weighted by Gasteiger charge is -2.50. The normalized spacial score (nSPS) is 19.8. The number of nitrogen functional groups attached to an aromatic ring is 1. The molecule has 0 saturated carbocycles. The van der Waals surface area contributed by atoms with Gasteiger partial charge < -0.3 is 30.9 Å². The lowest BCUT2D eigenvalue weighted by atomic mass is 10.0. The third-order valence-corrected chi connectivity index (χ3v) is 7.04. The summed E-state index contributed by atoms with van der Waals surface area (Å²) in [4.78, 5) is 47.8. The van der Waals surface area contributed by atoms with Crippen molar-refractivity contribution < 1.29 is 34.0 Å². The van der Waals surface area contributed by atoms with E-state index in [2.05, 4.69) is 19.8 Å². The van der Waals surface area contributed by atoms with Gasteiger partial charge in [-0.05, 0) is 13.0 Å². The first-order valence-corrected chi connectivity index (χ1v) is 12.2. The number of oxime groups is 1. The summed E-state index contributed by atoms with van der Waals surface area (Å²) in [5.41, 5.74) is 6.27. The number of rotatable bonds is 9. The summed E-state index contributed by atoms with van der Waals surface area (Å²) < 4.78 is 5.68. The average Bonchev–Trinajstić information content (AvgIpc) is 3.28. The smallest absolute Gasteiger partial charge is 0.278 e. The number of aliphatic hydroxyl groups is 1. The minimum atomic E-state index is -1.48. The number of aliphatic hydroxyl groups excluding tert-OH is 1. The minimum absolute atomic E-state index is 0.0434. The highest BCUT2D eigenvalue weighted by molar-refractivity contribution is 8.00. The van der Waals surface area contributed by atoms with Crippen LogP contribution in [-0.4, -0.2) is 66.6 Å². The van der Waals surface area contributed by atoms with Gasteiger partial charge in [0.05, 0.1) is 18.3 Å². The lowest BCUT2D eigenvalue weighted by Crippen LogP contribution is -2.71. The van der Waals surface area contributed by atoms with Gasteiger partial charge in [0, 0.05) is 34.5 Å². The van der Waals surface area contributed by atoms with Gasteiger partial charge in [-0.25, -0.2) is 4.57 Å². The van der Waals surface area contributed by atoms with Crippen molar-refractivity contribution in [1.29, 1.82) is 0 Å². The largest absolute Gasteiger partial charge is 0.543 e. The highest BCUT2D eigenvalue weighted by Gasteiger charge is 2.53. The van der Waals surface area contributed by atoms with E-state index < -0.39 is 29.2 Å². The number of β-lactam (4-membered cyclic amide) rings is 1. The van der Waals surface area contributed by atoms with Gasteiger partial charge in [-0.2, -0.15) is 9.36 Å². The van der Waals surface area contributed by atoms with Gasteiger partial charge in [0.1, 0.15) is 18.0 Å². The number of aromatic nitrogens is 3. The van der Waals surface area contributed by atoms with Gasteiger partial charge in [0.25, 0.3) is 11.8 Å². The number of nitrogens with two attached hydrogens (primary N) is 1. The first-order valence-electron chi connectivity index (χ1n) is 10.4. The number of carboxylic acids is 1. The fraction of sp³-hybridized carbons (Fsp3) is 0.350. The number of fused-ring (bicyclic) bond motifs is 1. The number of carboxylic acid groups (broad SMARTS) is 1. The second kappa shape index (κ2) is 10.4. The van der Waals surface area contributed by atoms with E-state index in [-0.39, 0.29) is 42.1 Å². The monoisotopic (exact) mass is 519 g/mol. The molecule has 184 valence electrons. The van der Waals surface area contributed by atoms with Gasteiger partial charge in [-0.3, -0.25) is 14.5 Å². The molecular weight excluding hydrogens is 498 g/mol. The van der Waals surface area contributed by atoms with Crippen molar-refractivity contribution in [1.82, 2.24) is 19.6 Å². The molecule has 2 aromatic rings. The molecule has 1 saturated heterocycles. The fourth-order valence-electron chi connectivity index (χ4n) is 3.64. The number of carbonyl (C=O) groups excluding carboxylic acids is 3. The number of hydrogen-bond donors (Lipinski definition) is 3. The maximum absolute atomic E-state index is 12.9. The number of hydrogen-bond acceptors (Lipinski definition) is 12. The number of pyridine rings is 1. The molecule has 2 aliphatic heterocycles. The molecule has 13 nitrogen and oxygen atoms in total. The van der Waals surface area contributed by atoms with Crippen LogP contribution in [0.25, 0.3) is 0 Å². The Morgan fingerprint density at radius 3 is 2.94 bits per heavy atom. The molecular formula is C20H21N7O6S2. The molecule has 4 rings (SSSR count). The Balaban J connectivity index is 1.53. The molecule has 2 aromatic heterocycles. The predicted octanol–water partition coefficient (Wildman–Crippen LogP) is -2.26. The van der Waals surface area contributed by atoms with Crippen LogP contribution in [0, 0.1) is 0 Å². The molecule has 1 unspecified atom stereocenters. The average molecular weight is 520 g/mol. The second-order valence-electron chi connectivity index (χ2n) is 7.46. The van der Waals surface area contributed by atoms with E-state index in [9.17, 15) is 24.6 Å². The SMILES string of the molecule is CCON=C(C(=O)NC1C(=O)N2C(C(=O)[O-])=C(C[n+]3cccc(CO)c3)CS[C@H]12)c1nsc(N)n1. The Morgan fingerprint density at radius 2 is 2.29 bits per heavy atom. The summed E-state index contributed by atoms with van der Waals surface area (Å²) in [6.07, 6.45) is 3.42. The maximum atomic E-state index is 12.9. The van der Waals surface area contributed by atoms with E-state index in [1.807, 2.05) is 0 Å². The first-order chi connectivity index (χ1) is 16.8. The molecule has 4 heterocycles. The van der Waals surface area contributed by atoms with Crippen LogP contribution in [0.1, 0.15) is 18.3 Å². The van der Waals surface area contributed by atoms with E-state index in [0.29, 0.717) is 16.9 Å². The molecule has 0 radical (unpaired) electrons. The topological polar surface area (TPSA) is 187 Å². The van der Waals surface area contributed by atoms with Crippen LogP contribution in [0.4, 0.5) is 5.13 Å².